The first-order valence-electron chi connectivity index (χ1n) is 10.3. The van der Waals surface area contributed by atoms with E-state index in [4.69, 9.17) is 4.74 Å². The summed E-state index contributed by atoms with van der Waals surface area (Å²) in [6.45, 7) is 1.92. The molecule has 1 atom stereocenters. The normalized spacial score (nSPS) is 31.7. The average molecular weight is 399 g/mol. The van der Waals surface area contributed by atoms with E-state index < -0.39 is 5.97 Å². The molecular weight excluding hydrogens is 372 g/mol. The smallest absolute Gasteiger partial charge is 0.338 e. The predicted octanol–water partition coefficient (Wildman–Crippen LogP) is 4.17. The molecule has 2 aromatic rings. The number of benzene rings is 1. The maximum Gasteiger partial charge on any atom is 0.338 e. The lowest BCUT2D eigenvalue weighted by Gasteiger charge is -2.59. The van der Waals surface area contributed by atoms with Gasteiger partial charge in [0.15, 0.2) is 6.61 Å². The molecule has 1 aromatic heterocycles. The summed E-state index contributed by atoms with van der Waals surface area (Å²) >= 11 is 1.48. The molecule has 0 radical (unpaired) electrons. The van der Waals surface area contributed by atoms with Crippen molar-refractivity contribution >= 4 is 33.4 Å². The SMILES string of the molecule is CC(NC(=O)COC(=O)c1ccc2ncsc2c1)C12CC3CC(CC(C3)C1)C2. The fraction of sp³-hybridized carbons (Fsp3) is 0.591. The quantitative estimate of drug-likeness (QED) is 0.768. The van der Waals surface area contributed by atoms with Gasteiger partial charge in [-0.3, -0.25) is 4.79 Å². The highest BCUT2D eigenvalue weighted by Crippen LogP contribution is 2.61. The summed E-state index contributed by atoms with van der Waals surface area (Å²) in [6, 6.07) is 5.41. The van der Waals surface area contributed by atoms with E-state index in [-0.39, 0.29) is 24.0 Å². The molecule has 4 bridgehead atoms. The highest BCUT2D eigenvalue weighted by atomic mass is 32.1. The van der Waals surface area contributed by atoms with Crippen molar-refractivity contribution < 1.29 is 14.3 Å². The molecule has 6 rings (SSSR count). The summed E-state index contributed by atoms with van der Waals surface area (Å²) in [4.78, 5) is 29.0. The van der Waals surface area contributed by atoms with E-state index in [1.165, 1.54) is 49.9 Å². The zero-order valence-electron chi connectivity index (χ0n) is 16.1. The summed E-state index contributed by atoms with van der Waals surface area (Å²) in [6.07, 6.45) is 7.91. The van der Waals surface area contributed by atoms with Crippen molar-refractivity contribution in [1.29, 1.82) is 0 Å². The van der Waals surface area contributed by atoms with Gasteiger partial charge in [0.25, 0.3) is 5.91 Å². The van der Waals surface area contributed by atoms with Crippen LogP contribution < -0.4 is 5.32 Å². The molecule has 1 N–H and O–H groups in total. The van der Waals surface area contributed by atoms with E-state index >= 15 is 0 Å². The number of rotatable bonds is 5. The van der Waals surface area contributed by atoms with Crippen LogP contribution in [0.2, 0.25) is 0 Å². The second-order valence-corrected chi connectivity index (χ2v) is 10.1. The van der Waals surface area contributed by atoms with Gasteiger partial charge in [-0.25, -0.2) is 9.78 Å². The van der Waals surface area contributed by atoms with Gasteiger partial charge in [-0.15, -0.1) is 11.3 Å². The topological polar surface area (TPSA) is 68.3 Å². The number of hydrogen-bond donors (Lipinski definition) is 1. The molecule has 5 nitrogen and oxygen atoms in total. The number of esters is 1. The first kappa shape index (κ1) is 18.1. The second kappa shape index (κ2) is 6.83. The Labute approximate surface area is 168 Å². The van der Waals surface area contributed by atoms with Crippen molar-refractivity contribution in [3.63, 3.8) is 0 Å². The standard InChI is InChI=1S/C22H26N2O3S/c1-13(22-8-14-4-15(9-22)6-16(5-14)10-22)24-20(25)11-27-21(26)17-2-3-18-19(7-17)28-12-23-18/h2-3,7,12-16H,4-6,8-11H2,1H3,(H,24,25). The molecule has 1 unspecified atom stereocenters. The maximum absolute atomic E-state index is 12.5. The van der Waals surface area contributed by atoms with Crippen LogP contribution in [0.1, 0.15) is 55.8 Å². The van der Waals surface area contributed by atoms with Gasteiger partial charge in [-0.05, 0) is 86.8 Å². The number of nitrogens with one attached hydrogen (secondary N) is 1. The molecule has 148 valence electrons. The molecule has 4 aliphatic rings. The molecule has 6 heteroatoms. The Bertz CT molecular complexity index is 886. The highest BCUT2D eigenvalue weighted by molar-refractivity contribution is 7.16. The average Bonchev–Trinajstić information content (AvgIpc) is 3.12. The van der Waals surface area contributed by atoms with Crippen LogP contribution in [-0.4, -0.2) is 29.5 Å². The number of thiazole rings is 1. The lowest BCUT2D eigenvalue weighted by molar-refractivity contribution is -0.128. The van der Waals surface area contributed by atoms with Crippen LogP contribution in [0.15, 0.2) is 23.7 Å². The lowest BCUT2D eigenvalue weighted by atomic mass is 9.48. The molecular formula is C22H26N2O3S. The summed E-state index contributed by atoms with van der Waals surface area (Å²) < 4.78 is 6.21. The number of hydrogen-bond acceptors (Lipinski definition) is 5. The first-order valence-corrected chi connectivity index (χ1v) is 11.2. The van der Waals surface area contributed by atoms with E-state index in [0.717, 1.165) is 28.0 Å². The fourth-order valence-electron chi connectivity index (χ4n) is 6.34. The van der Waals surface area contributed by atoms with E-state index in [0.29, 0.717) is 5.56 Å². The Hall–Kier alpha value is -1.95. The number of amides is 1. The minimum Gasteiger partial charge on any atom is -0.452 e. The minimum absolute atomic E-state index is 0.139. The Morgan fingerprint density at radius 1 is 1.21 bits per heavy atom. The van der Waals surface area contributed by atoms with Crippen LogP contribution in [0, 0.1) is 23.2 Å². The van der Waals surface area contributed by atoms with E-state index in [9.17, 15) is 9.59 Å². The van der Waals surface area contributed by atoms with Gasteiger partial charge in [-0.1, -0.05) is 0 Å². The van der Waals surface area contributed by atoms with E-state index in [2.05, 4.69) is 17.2 Å². The zero-order chi connectivity index (χ0) is 19.3. The molecule has 0 spiro atoms. The van der Waals surface area contributed by atoms with Crippen molar-refractivity contribution in [2.75, 3.05) is 6.61 Å². The molecule has 0 aliphatic heterocycles. The van der Waals surface area contributed by atoms with Gasteiger partial charge in [-0.2, -0.15) is 0 Å². The molecule has 1 heterocycles. The van der Waals surface area contributed by atoms with Crippen molar-refractivity contribution in [3.8, 4) is 0 Å². The van der Waals surface area contributed by atoms with Crippen LogP contribution in [0.25, 0.3) is 10.2 Å². The minimum atomic E-state index is -0.465. The van der Waals surface area contributed by atoms with Crippen LogP contribution in [0.5, 0.6) is 0 Å². The number of fused-ring (bicyclic) bond motifs is 1. The third-order valence-electron chi connectivity index (χ3n) is 7.28. The van der Waals surface area contributed by atoms with Gasteiger partial charge in [0.2, 0.25) is 0 Å². The van der Waals surface area contributed by atoms with Crippen molar-refractivity contribution in [2.24, 2.45) is 23.2 Å². The van der Waals surface area contributed by atoms with Gasteiger partial charge in [0.1, 0.15) is 0 Å². The lowest BCUT2D eigenvalue weighted by Crippen LogP contribution is -2.56. The third kappa shape index (κ3) is 3.21. The summed E-state index contributed by atoms with van der Waals surface area (Å²) in [5, 5.41) is 3.15. The second-order valence-electron chi connectivity index (χ2n) is 9.18. The number of nitrogens with zero attached hydrogens (tertiary/aromatic N) is 1. The molecule has 4 saturated carbocycles. The molecule has 1 amide bonds. The molecule has 4 aliphatic carbocycles. The number of aromatic nitrogens is 1. The Kier molecular flexibility index (Phi) is 4.42. The Morgan fingerprint density at radius 3 is 2.57 bits per heavy atom. The zero-order valence-corrected chi connectivity index (χ0v) is 17.0. The van der Waals surface area contributed by atoms with E-state index in [1.54, 1.807) is 23.7 Å². The number of ether oxygens (including phenoxy) is 1. The number of carbonyl (C=O) groups excluding carboxylic acids is 2. The van der Waals surface area contributed by atoms with Crippen molar-refractivity contribution in [1.82, 2.24) is 10.3 Å². The maximum atomic E-state index is 12.5. The molecule has 0 saturated heterocycles. The van der Waals surface area contributed by atoms with Crippen LogP contribution in [-0.2, 0) is 9.53 Å². The molecule has 4 fully saturated rings. The van der Waals surface area contributed by atoms with Crippen LogP contribution in [0.4, 0.5) is 0 Å². The monoisotopic (exact) mass is 398 g/mol. The summed E-state index contributed by atoms with van der Waals surface area (Å²) in [7, 11) is 0. The molecule has 1 aromatic carbocycles. The fourth-order valence-corrected chi connectivity index (χ4v) is 7.06. The Morgan fingerprint density at radius 2 is 1.89 bits per heavy atom. The predicted molar refractivity (Wildman–Crippen MR) is 108 cm³/mol. The Balaban J connectivity index is 1.17. The first-order chi connectivity index (χ1) is 13.5. The van der Waals surface area contributed by atoms with Crippen LogP contribution in [0.3, 0.4) is 0 Å². The third-order valence-corrected chi connectivity index (χ3v) is 8.07. The summed E-state index contributed by atoms with van der Waals surface area (Å²) in [5.74, 6) is 1.89. The molecule has 28 heavy (non-hydrogen) atoms. The van der Waals surface area contributed by atoms with Gasteiger partial charge in [0.05, 0.1) is 21.3 Å². The van der Waals surface area contributed by atoms with Gasteiger partial charge < -0.3 is 10.1 Å². The van der Waals surface area contributed by atoms with Crippen LogP contribution >= 0.6 is 11.3 Å². The summed E-state index contributed by atoms with van der Waals surface area (Å²) in [5.41, 5.74) is 3.33. The largest absolute Gasteiger partial charge is 0.452 e. The van der Waals surface area contributed by atoms with Crippen molar-refractivity contribution in [2.45, 2.75) is 51.5 Å². The van der Waals surface area contributed by atoms with Gasteiger partial charge in [0, 0.05) is 6.04 Å². The van der Waals surface area contributed by atoms with E-state index in [1.807, 2.05) is 0 Å². The van der Waals surface area contributed by atoms with Gasteiger partial charge >= 0.3 is 5.97 Å². The highest BCUT2D eigenvalue weighted by Gasteiger charge is 2.53. The van der Waals surface area contributed by atoms with Crippen molar-refractivity contribution in [3.05, 3.63) is 29.3 Å². The number of carbonyl (C=O) groups is 2.